The van der Waals surface area contributed by atoms with Gasteiger partial charge in [-0.1, -0.05) is 24.1 Å². The number of pyridine rings is 1. The minimum absolute atomic E-state index is 0.491. The predicted molar refractivity (Wildman–Crippen MR) is 62.6 cm³/mol. The van der Waals surface area contributed by atoms with Crippen molar-refractivity contribution in [3.8, 4) is 23.5 Å². The van der Waals surface area contributed by atoms with Crippen LogP contribution in [-0.4, -0.2) is 4.98 Å². The van der Waals surface area contributed by atoms with Crippen molar-refractivity contribution in [3.63, 3.8) is 0 Å². The Hall–Kier alpha value is -2.28. The average molecular weight is 247 g/mol. The zero-order valence-electron chi connectivity index (χ0n) is 9.20. The van der Waals surface area contributed by atoms with Gasteiger partial charge in [-0.05, 0) is 23.8 Å². The molecule has 0 atom stereocenters. The summed E-state index contributed by atoms with van der Waals surface area (Å²) in [4.78, 5) is 3.99. The van der Waals surface area contributed by atoms with Crippen LogP contribution >= 0.6 is 0 Å². The smallest absolute Gasteiger partial charge is 0.247 e. The molecule has 2 rings (SSSR count). The molecule has 1 nitrogen and oxygen atoms in total. The van der Waals surface area contributed by atoms with Crippen molar-refractivity contribution < 1.29 is 13.2 Å². The van der Waals surface area contributed by atoms with E-state index >= 15 is 0 Å². The van der Waals surface area contributed by atoms with E-state index in [1.807, 2.05) is 0 Å². The molecule has 0 fully saturated rings. The zero-order chi connectivity index (χ0) is 13.2. The molecule has 0 aliphatic heterocycles. The van der Waals surface area contributed by atoms with Gasteiger partial charge in [0.05, 0.1) is 5.56 Å². The second-order valence-electron chi connectivity index (χ2n) is 3.65. The van der Waals surface area contributed by atoms with E-state index in [9.17, 15) is 13.2 Å². The molecular formula is C14H8F3N. The first kappa shape index (κ1) is 12.2. The van der Waals surface area contributed by atoms with Crippen molar-refractivity contribution in [2.24, 2.45) is 0 Å². The molecule has 90 valence electrons. The fraction of sp³-hybridized carbons (Fsp3) is 0.0714. The number of rotatable bonds is 1. The van der Waals surface area contributed by atoms with Crippen molar-refractivity contribution >= 4 is 0 Å². The van der Waals surface area contributed by atoms with Crippen LogP contribution in [0.2, 0.25) is 0 Å². The van der Waals surface area contributed by atoms with Gasteiger partial charge in [0.1, 0.15) is 5.69 Å². The molecule has 0 aliphatic rings. The lowest BCUT2D eigenvalue weighted by Crippen LogP contribution is -2.03. The SMILES string of the molecule is C#Cc1ccc(-c2ccc(C(F)(F)F)cc2)cn1. The van der Waals surface area contributed by atoms with Gasteiger partial charge in [0.25, 0.3) is 0 Å². The quantitative estimate of drug-likeness (QED) is 0.699. The van der Waals surface area contributed by atoms with Gasteiger partial charge in [-0.3, -0.25) is 0 Å². The number of halogens is 3. The van der Waals surface area contributed by atoms with Crippen LogP contribution in [0.1, 0.15) is 11.3 Å². The Morgan fingerprint density at radius 3 is 2.00 bits per heavy atom. The summed E-state index contributed by atoms with van der Waals surface area (Å²) < 4.78 is 37.2. The highest BCUT2D eigenvalue weighted by Crippen LogP contribution is 2.30. The Kier molecular flexibility index (Phi) is 3.07. The molecule has 0 unspecified atom stereocenters. The third-order valence-corrected chi connectivity index (χ3v) is 2.46. The summed E-state index contributed by atoms with van der Waals surface area (Å²) in [5.41, 5.74) is 1.21. The zero-order valence-corrected chi connectivity index (χ0v) is 9.20. The van der Waals surface area contributed by atoms with Crippen LogP contribution in [0, 0.1) is 12.3 Å². The first-order valence-corrected chi connectivity index (χ1v) is 5.11. The van der Waals surface area contributed by atoms with Crippen molar-refractivity contribution in [2.45, 2.75) is 6.18 Å². The molecule has 18 heavy (non-hydrogen) atoms. The summed E-state index contributed by atoms with van der Waals surface area (Å²) in [5.74, 6) is 2.37. The molecule has 4 heteroatoms. The largest absolute Gasteiger partial charge is 0.416 e. The van der Waals surface area contributed by atoms with Gasteiger partial charge in [0.15, 0.2) is 0 Å². The third-order valence-electron chi connectivity index (χ3n) is 2.46. The van der Waals surface area contributed by atoms with E-state index in [-0.39, 0.29) is 0 Å². The number of terminal acetylenes is 1. The van der Waals surface area contributed by atoms with Gasteiger partial charge in [0, 0.05) is 11.8 Å². The number of nitrogens with zero attached hydrogens (tertiary/aromatic N) is 1. The summed E-state index contributed by atoms with van der Waals surface area (Å²) in [6.45, 7) is 0. The maximum absolute atomic E-state index is 12.4. The first-order chi connectivity index (χ1) is 8.50. The van der Waals surface area contributed by atoms with E-state index in [2.05, 4.69) is 10.9 Å². The highest BCUT2D eigenvalue weighted by Gasteiger charge is 2.29. The minimum atomic E-state index is -4.32. The topological polar surface area (TPSA) is 12.9 Å². The van der Waals surface area contributed by atoms with E-state index < -0.39 is 11.7 Å². The molecule has 1 aromatic carbocycles. The fourth-order valence-electron chi connectivity index (χ4n) is 1.50. The Morgan fingerprint density at radius 1 is 0.944 bits per heavy atom. The van der Waals surface area contributed by atoms with E-state index in [1.165, 1.54) is 18.3 Å². The standard InChI is InChI=1S/C14H8F3N/c1-2-13-8-5-11(9-18-13)10-3-6-12(7-4-10)14(15,16)17/h1,3-9H. The molecule has 0 radical (unpaired) electrons. The predicted octanol–water partition coefficient (Wildman–Crippen LogP) is 3.75. The lowest BCUT2D eigenvalue weighted by molar-refractivity contribution is -0.137. The van der Waals surface area contributed by atoms with Crippen molar-refractivity contribution in [1.29, 1.82) is 0 Å². The minimum Gasteiger partial charge on any atom is -0.247 e. The molecule has 2 aromatic rings. The normalized spacial score (nSPS) is 11.0. The van der Waals surface area contributed by atoms with Gasteiger partial charge in [-0.25, -0.2) is 4.98 Å². The maximum Gasteiger partial charge on any atom is 0.416 e. The lowest BCUT2D eigenvalue weighted by atomic mass is 10.1. The van der Waals surface area contributed by atoms with E-state index in [4.69, 9.17) is 6.42 Å². The molecular weight excluding hydrogens is 239 g/mol. The first-order valence-electron chi connectivity index (χ1n) is 5.11. The Bertz CT molecular complexity index is 574. The van der Waals surface area contributed by atoms with Gasteiger partial charge in [0.2, 0.25) is 0 Å². The number of hydrogen-bond acceptors (Lipinski definition) is 1. The second kappa shape index (κ2) is 4.53. The third kappa shape index (κ3) is 2.51. The van der Waals surface area contributed by atoms with Crippen LogP contribution in [0.15, 0.2) is 42.6 Å². The van der Waals surface area contributed by atoms with Crippen LogP contribution in [0.4, 0.5) is 13.2 Å². The molecule has 1 aromatic heterocycles. The number of aromatic nitrogens is 1. The highest BCUT2D eigenvalue weighted by molar-refractivity contribution is 5.63. The summed E-state index contributed by atoms with van der Waals surface area (Å²) in [5, 5.41) is 0. The molecule has 0 N–H and O–H groups in total. The van der Waals surface area contributed by atoms with Gasteiger partial charge in [-0.15, -0.1) is 6.42 Å². The molecule has 0 bridgehead atoms. The molecule has 0 amide bonds. The Morgan fingerprint density at radius 2 is 1.56 bits per heavy atom. The number of alkyl halides is 3. The summed E-state index contributed by atoms with van der Waals surface area (Å²) in [7, 11) is 0. The number of benzene rings is 1. The summed E-state index contributed by atoms with van der Waals surface area (Å²) in [6, 6.07) is 8.29. The van der Waals surface area contributed by atoms with E-state index in [0.717, 1.165) is 17.7 Å². The van der Waals surface area contributed by atoms with Gasteiger partial charge < -0.3 is 0 Å². The van der Waals surface area contributed by atoms with Crippen molar-refractivity contribution in [1.82, 2.24) is 4.98 Å². The van der Waals surface area contributed by atoms with Crippen molar-refractivity contribution in [3.05, 3.63) is 53.9 Å². The van der Waals surface area contributed by atoms with Gasteiger partial charge >= 0.3 is 6.18 Å². The molecule has 0 saturated carbocycles. The van der Waals surface area contributed by atoms with E-state index in [0.29, 0.717) is 11.3 Å². The number of hydrogen-bond donors (Lipinski definition) is 0. The molecule has 0 saturated heterocycles. The average Bonchev–Trinajstić information content (AvgIpc) is 2.38. The molecule has 0 aliphatic carbocycles. The fourth-order valence-corrected chi connectivity index (χ4v) is 1.50. The Balaban J connectivity index is 2.32. The van der Waals surface area contributed by atoms with Crippen molar-refractivity contribution in [2.75, 3.05) is 0 Å². The Labute approximate surface area is 102 Å². The van der Waals surface area contributed by atoms with Gasteiger partial charge in [-0.2, -0.15) is 13.2 Å². The van der Waals surface area contributed by atoms with Crippen LogP contribution in [0.3, 0.4) is 0 Å². The van der Waals surface area contributed by atoms with Crippen LogP contribution in [0.25, 0.3) is 11.1 Å². The van der Waals surface area contributed by atoms with Crippen LogP contribution < -0.4 is 0 Å². The molecule has 0 spiro atoms. The molecule has 1 heterocycles. The van der Waals surface area contributed by atoms with E-state index in [1.54, 1.807) is 12.1 Å². The maximum atomic E-state index is 12.4. The summed E-state index contributed by atoms with van der Waals surface area (Å²) in [6.07, 6.45) is 2.39. The lowest BCUT2D eigenvalue weighted by Gasteiger charge is -2.07. The second-order valence-corrected chi connectivity index (χ2v) is 3.65. The highest BCUT2D eigenvalue weighted by atomic mass is 19.4. The monoisotopic (exact) mass is 247 g/mol. The van der Waals surface area contributed by atoms with Crippen LogP contribution in [0.5, 0.6) is 0 Å². The van der Waals surface area contributed by atoms with Crippen LogP contribution in [-0.2, 0) is 6.18 Å². The summed E-state index contributed by atoms with van der Waals surface area (Å²) >= 11 is 0.